The van der Waals surface area contributed by atoms with Gasteiger partial charge in [-0.3, -0.25) is 9.88 Å². The van der Waals surface area contributed by atoms with Crippen LogP contribution in [0.3, 0.4) is 0 Å². The summed E-state index contributed by atoms with van der Waals surface area (Å²) in [5.74, 6) is 0. The Balaban J connectivity index is 2.04. The summed E-state index contributed by atoms with van der Waals surface area (Å²) in [5, 5.41) is 3.55. The van der Waals surface area contributed by atoms with Gasteiger partial charge in [0.15, 0.2) is 0 Å². The lowest BCUT2D eigenvalue weighted by atomic mass is 10.1. The maximum absolute atomic E-state index is 4.18. The van der Waals surface area contributed by atoms with Gasteiger partial charge in [0.05, 0.1) is 6.04 Å². The van der Waals surface area contributed by atoms with Gasteiger partial charge in [-0.15, -0.1) is 0 Å². The van der Waals surface area contributed by atoms with Crippen LogP contribution in [-0.4, -0.2) is 23.0 Å². The van der Waals surface area contributed by atoms with E-state index >= 15 is 0 Å². The number of nitrogens with zero attached hydrogens (tertiary/aromatic N) is 2. The lowest BCUT2D eigenvalue weighted by molar-refractivity contribution is 0.296. The van der Waals surface area contributed by atoms with Gasteiger partial charge in [-0.1, -0.05) is 32.0 Å². The highest BCUT2D eigenvalue weighted by Gasteiger charge is 2.06. The number of pyridine rings is 1. The van der Waals surface area contributed by atoms with Crippen molar-refractivity contribution in [3.8, 4) is 0 Å². The van der Waals surface area contributed by atoms with Crippen molar-refractivity contribution in [2.24, 2.45) is 0 Å². The van der Waals surface area contributed by atoms with Crippen molar-refractivity contribution < 1.29 is 0 Å². The highest BCUT2D eigenvalue weighted by atomic mass is 15.1. The number of anilines is 1. The summed E-state index contributed by atoms with van der Waals surface area (Å²) in [5.41, 5.74) is 3.71. The number of hydrogen-bond donors (Lipinski definition) is 1. The highest BCUT2D eigenvalue weighted by molar-refractivity contribution is 5.47. The van der Waals surface area contributed by atoms with Crippen molar-refractivity contribution in [3.63, 3.8) is 0 Å². The van der Waals surface area contributed by atoms with Crippen LogP contribution >= 0.6 is 0 Å². The van der Waals surface area contributed by atoms with E-state index in [1.54, 1.807) is 6.20 Å². The van der Waals surface area contributed by atoms with Crippen molar-refractivity contribution in [3.05, 3.63) is 59.9 Å². The molecule has 3 heteroatoms. The average molecular weight is 283 g/mol. The number of aromatic nitrogens is 1. The molecular formula is C18H25N3. The lowest BCUT2D eigenvalue weighted by Gasteiger charge is -2.20. The molecule has 1 heterocycles. The Morgan fingerprint density at radius 3 is 2.62 bits per heavy atom. The zero-order chi connectivity index (χ0) is 15.1. The molecule has 0 saturated heterocycles. The number of benzene rings is 1. The first-order valence-electron chi connectivity index (χ1n) is 7.70. The second kappa shape index (κ2) is 7.79. The van der Waals surface area contributed by atoms with Crippen molar-refractivity contribution >= 4 is 5.69 Å². The standard InChI is InChI=1S/C18H25N3/c1-4-21(5-2)14-16-8-6-10-18(12-16)20-15(3)17-9-7-11-19-13-17/h6-13,15,20H,4-5,14H2,1-3H3. The van der Waals surface area contributed by atoms with Gasteiger partial charge in [0.2, 0.25) is 0 Å². The maximum Gasteiger partial charge on any atom is 0.0500 e. The van der Waals surface area contributed by atoms with Gasteiger partial charge < -0.3 is 5.32 Å². The average Bonchev–Trinajstić information content (AvgIpc) is 2.53. The van der Waals surface area contributed by atoms with Crippen LogP contribution in [0.2, 0.25) is 0 Å². The predicted molar refractivity (Wildman–Crippen MR) is 89.3 cm³/mol. The molecule has 1 atom stereocenters. The molecule has 0 fully saturated rings. The Kier molecular flexibility index (Phi) is 5.76. The minimum Gasteiger partial charge on any atom is -0.378 e. The van der Waals surface area contributed by atoms with Crippen LogP contribution in [0.4, 0.5) is 5.69 Å². The third-order valence-electron chi connectivity index (χ3n) is 3.80. The molecular weight excluding hydrogens is 258 g/mol. The van der Waals surface area contributed by atoms with Crippen LogP contribution < -0.4 is 5.32 Å². The molecule has 3 nitrogen and oxygen atoms in total. The minimum atomic E-state index is 0.252. The molecule has 2 rings (SSSR count). The largest absolute Gasteiger partial charge is 0.378 e. The van der Waals surface area contributed by atoms with E-state index in [0.29, 0.717) is 0 Å². The summed E-state index contributed by atoms with van der Waals surface area (Å²) >= 11 is 0. The van der Waals surface area contributed by atoms with E-state index in [9.17, 15) is 0 Å². The van der Waals surface area contributed by atoms with E-state index < -0.39 is 0 Å². The van der Waals surface area contributed by atoms with Gasteiger partial charge >= 0.3 is 0 Å². The third-order valence-corrected chi connectivity index (χ3v) is 3.80. The minimum absolute atomic E-state index is 0.252. The Labute approximate surface area is 128 Å². The number of nitrogens with one attached hydrogen (secondary N) is 1. The second-order valence-corrected chi connectivity index (χ2v) is 5.31. The first-order valence-corrected chi connectivity index (χ1v) is 7.70. The number of hydrogen-bond acceptors (Lipinski definition) is 3. The van der Waals surface area contributed by atoms with Crippen LogP contribution in [0.1, 0.15) is 37.9 Å². The van der Waals surface area contributed by atoms with Crippen molar-refractivity contribution in [1.29, 1.82) is 0 Å². The third kappa shape index (κ3) is 4.57. The smallest absolute Gasteiger partial charge is 0.0500 e. The number of rotatable bonds is 7. The van der Waals surface area contributed by atoms with E-state index in [4.69, 9.17) is 0 Å². The fraction of sp³-hybridized carbons (Fsp3) is 0.389. The molecule has 0 radical (unpaired) electrons. The zero-order valence-electron chi connectivity index (χ0n) is 13.2. The Morgan fingerprint density at radius 2 is 1.95 bits per heavy atom. The van der Waals surface area contributed by atoms with Crippen molar-refractivity contribution in [2.75, 3.05) is 18.4 Å². The van der Waals surface area contributed by atoms with E-state index in [1.165, 1.54) is 11.1 Å². The molecule has 0 bridgehead atoms. The topological polar surface area (TPSA) is 28.2 Å². The van der Waals surface area contributed by atoms with Gasteiger partial charge in [0, 0.05) is 24.6 Å². The fourth-order valence-corrected chi connectivity index (χ4v) is 2.43. The second-order valence-electron chi connectivity index (χ2n) is 5.31. The van der Waals surface area contributed by atoms with Crippen molar-refractivity contribution in [2.45, 2.75) is 33.4 Å². The van der Waals surface area contributed by atoms with E-state index in [0.717, 1.165) is 25.3 Å². The molecule has 0 spiro atoms. The monoisotopic (exact) mass is 283 g/mol. The van der Waals surface area contributed by atoms with Gasteiger partial charge in [0.1, 0.15) is 0 Å². The highest BCUT2D eigenvalue weighted by Crippen LogP contribution is 2.19. The Hall–Kier alpha value is -1.87. The fourth-order valence-electron chi connectivity index (χ4n) is 2.43. The zero-order valence-corrected chi connectivity index (χ0v) is 13.2. The summed E-state index contributed by atoms with van der Waals surface area (Å²) in [6, 6.07) is 13.0. The van der Waals surface area contributed by atoms with E-state index in [2.05, 4.69) is 66.3 Å². The van der Waals surface area contributed by atoms with Crippen LogP contribution in [0.15, 0.2) is 48.8 Å². The van der Waals surface area contributed by atoms with Crippen LogP contribution in [0.5, 0.6) is 0 Å². The molecule has 1 N–H and O–H groups in total. The first kappa shape index (κ1) is 15.5. The Bertz CT molecular complexity index is 535. The predicted octanol–water partition coefficient (Wildman–Crippen LogP) is 4.10. The van der Waals surface area contributed by atoms with Crippen LogP contribution in [-0.2, 0) is 6.54 Å². The van der Waals surface area contributed by atoms with Gasteiger partial charge in [-0.25, -0.2) is 0 Å². The summed E-state index contributed by atoms with van der Waals surface area (Å²) in [6.45, 7) is 9.74. The molecule has 21 heavy (non-hydrogen) atoms. The summed E-state index contributed by atoms with van der Waals surface area (Å²) < 4.78 is 0. The molecule has 1 aromatic carbocycles. The molecule has 0 aliphatic carbocycles. The lowest BCUT2D eigenvalue weighted by Crippen LogP contribution is -2.22. The SMILES string of the molecule is CCN(CC)Cc1cccc(NC(C)c2cccnc2)c1. The molecule has 0 saturated carbocycles. The van der Waals surface area contributed by atoms with Gasteiger partial charge in [0.25, 0.3) is 0 Å². The Morgan fingerprint density at radius 1 is 1.14 bits per heavy atom. The first-order chi connectivity index (χ1) is 10.2. The molecule has 1 unspecified atom stereocenters. The maximum atomic E-state index is 4.18. The summed E-state index contributed by atoms with van der Waals surface area (Å²) in [4.78, 5) is 6.60. The normalized spacial score (nSPS) is 12.4. The van der Waals surface area contributed by atoms with E-state index in [1.807, 2.05) is 12.3 Å². The van der Waals surface area contributed by atoms with Crippen molar-refractivity contribution in [1.82, 2.24) is 9.88 Å². The molecule has 112 valence electrons. The quantitative estimate of drug-likeness (QED) is 0.829. The van der Waals surface area contributed by atoms with Crippen LogP contribution in [0, 0.1) is 0 Å². The molecule has 2 aromatic rings. The van der Waals surface area contributed by atoms with Gasteiger partial charge in [-0.05, 0) is 49.3 Å². The molecule has 1 aromatic heterocycles. The van der Waals surface area contributed by atoms with E-state index in [-0.39, 0.29) is 6.04 Å². The molecule has 0 amide bonds. The molecule has 0 aliphatic heterocycles. The van der Waals surface area contributed by atoms with Crippen LogP contribution in [0.25, 0.3) is 0 Å². The summed E-state index contributed by atoms with van der Waals surface area (Å²) in [7, 11) is 0. The summed E-state index contributed by atoms with van der Waals surface area (Å²) in [6.07, 6.45) is 3.72. The van der Waals surface area contributed by atoms with Gasteiger partial charge in [-0.2, -0.15) is 0 Å². The molecule has 0 aliphatic rings.